The number of likely N-dealkylation sites (N-methyl/N-ethyl adjacent to an activating group) is 1. The van der Waals surface area contributed by atoms with Crippen molar-refractivity contribution >= 4 is 0 Å². The fourth-order valence-electron chi connectivity index (χ4n) is 2.43. The zero-order valence-electron chi connectivity index (χ0n) is 12.3. The van der Waals surface area contributed by atoms with Crippen molar-refractivity contribution in [3.8, 4) is 0 Å². The molecule has 0 fully saturated rings. The number of aryl methyl sites for hydroxylation is 1. The summed E-state index contributed by atoms with van der Waals surface area (Å²) in [5.41, 5.74) is 8.58. The molecule has 0 bridgehead atoms. The van der Waals surface area contributed by atoms with E-state index in [4.69, 9.17) is 5.73 Å². The first-order valence-electron chi connectivity index (χ1n) is 6.91. The zero-order chi connectivity index (χ0) is 15.4. The van der Waals surface area contributed by atoms with Gasteiger partial charge in [-0.15, -0.1) is 0 Å². The molecule has 0 aromatic heterocycles. The van der Waals surface area contributed by atoms with Crippen LogP contribution in [0.5, 0.6) is 0 Å². The van der Waals surface area contributed by atoms with E-state index in [1.165, 1.54) is 23.3 Å². The van der Waals surface area contributed by atoms with Crippen molar-refractivity contribution < 1.29 is 8.78 Å². The Morgan fingerprint density at radius 3 is 2.57 bits per heavy atom. The van der Waals surface area contributed by atoms with Gasteiger partial charge in [0.05, 0.1) is 0 Å². The van der Waals surface area contributed by atoms with Gasteiger partial charge in [0.2, 0.25) is 0 Å². The highest BCUT2D eigenvalue weighted by molar-refractivity contribution is 5.24. The smallest absolute Gasteiger partial charge is 0.163 e. The predicted octanol–water partition coefficient (Wildman–Crippen LogP) is 3.41. The molecule has 2 rings (SSSR count). The minimum atomic E-state index is -0.857. The molecule has 1 atom stereocenters. The highest BCUT2D eigenvalue weighted by atomic mass is 19.2. The Balaban J connectivity index is 2.02. The van der Waals surface area contributed by atoms with Crippen molar-refractivity contribution in [2.75, 3.05) is 13.6 Å². The van der Waals surface area contributed by atoms with E-state index in [-0.39, 0.29) is 5.56 Å². The molecule has 0 aliphatic heterocycles. The number of halogens is 2. The summed E-state index contributed by atoms with van der Waals surface area (Å²) >= 11 is 0. The molecule has 0 saturated heterocycles. The molecule has 112 valence electrons. The molecular weight excluding hydrogens is 270 g/mol. The molecule has 2 aromatic rings. The van der Waals surface area contributed by atoms with Crippen LogP contribution >= 0.6 is 0 Å². The summed E-state index contributed by atoms with van der Waals surface area (Å²) in [6.45, 7) is 3.21. The minimum Gasteiger partial charge on any atom is -0.323 e. The van der Waals surface area contributed by atoms with Gasteiger partial charge in [-0.1, -0.05) is 42.0 Å². The Hall–Kier alpha value is -1.78. The van der Waals surface area contributed by atoms with Crippen LogP contribution in [0.3, 0.4) is 0 Å². The summed E-state index contributed by atoms with van der Waals surface area (Å²) in [4.78, 5) is 2.00. The lowest BCUT2D eigenvalue weighted by molar-refractivity contribution is 0.301. The Morgan fingerprint density at radius 1 is 1.14 bits per heavy atom. The van der Waals surface area contributed by atoms with Crippen LogP contribution in [0.1, 0.15) is 22.7 Å². The molecule has 0 heterocycles. The first-order valence-corrected chi connectivity index (χ1v) is 6.91. The van der Waals surface area contributed by atoms with E-state index in [0.29, 0.717) is 13.1 Å². The van der Waals surface area contributed by atoms with Gasteiger partial charge in [0.25, 0.3) is 0 Å². The van der Waals surface area contributed by atoms with E-state index in [9.17, 15) is 8.78 Å². The number of hydrogen-bond donors (Lipinski definition) is 1. The van der Waals surface area contributed by atoms with E-state index in [0.717, 1.165) is 6.07 Å². The average molecular weight is 290 g/mol. The Labute approximate surface area is 124 Å². The highest BCUT2D eigenvalue weighted by Gasteiger charge is 2.16. The van der Waals surface area contributed by atoms with Gasteiger partial charge in [0.1, 0.15) is 0 Å². The Bertz CT molecular complexity index is 613. The van der Waals surface area contributed by atoms with E-state index in [1.807, 2.05) is 37.1 Å². The molecule has 2 aromatic carbocycles. The average Bonchev–Trinajstić information content (AvgIpc) is 2.41. The summed E-state index contributed by atoms with van der Waals surface area (Å²) in [6, 6.07) is 11.7. The van der Waals surface area contributed by atoms with E-state index in [1.54, 1.807) is 0 Å². The van der Waals surface area contributed by atoms with Gasteiger partial charge in [-0.25, -0.2) is 8.78 Å². The van der Waals surface area contributed by atoms with Crippen molar-refractivity contribution in [1.29, 1.82) is 0 Å². The lowest BCUT2D eigenvalue weighted by atomic mass is 10.1. The fourth-order valence-corrected chi connectivity index (χ4v) is 2.43. The maximum Gasteiger partial charge on any atom is 0.163 e. The summed E-state index contributed by atoms with van der Waals surface area (Å²) < 4.78 is 26.9. The molecule has 2 nitrogen and oxygen atoms in total. The van der Waals surface area contributed by atoms with Gasteiger partial charge in [0.15, 0.2) is 11.6 Å². The number of benzene rings is 2. The predicted molar refractivity (Wildman–Crippen MR) is 80.8 cm³/mol. The molecule has 0 radical (unpaired) electrons. The number of hydrogen-bond acceptors (Lipinski definition) is 2. The lowest BCUT2D eigenvalue weighted by Gasteiger charge is -2.22. The van der Waals surface area contributed by atoms with Gasteiger partial charge >= 0.3 is 0 Å². The molecule has 0 aliphatic rings. The second kappa shape index (κ2) is 6.78. The molecular formula is C17H20F2N2. The Morgan fingerprint density at radius 2 is 1.86 bits per heavy atom. The van der Waals surface area contributed by atoms with Crippen molar-refractivity contribution in [1.82, 2.24) is 4.90 Å². The first kappa shape index (κ1) is 15.6. The summed E-state index contributed by atoms with van der Waals surface area (Å²) in [7, 11) is 1.92. The molecule has 21 heavy (non-hydrogen) atoms. The van der Waals surface area contributed by atoms with Crippen LogP contribution in [0.2, 0.25) is 0 Å². The maximum absolute atomic E-state index is 13.7. The normalized spacial score (nSPS) is 12.7. The second-order valence-electron chi connectivity index (χ2n) is 5.44. The molecule has 2 N–H and O–H groups in total. The largest absolute Gasteiger partial charge is 0.323 e. The third kappa shape index (κ3) is 4.09. The van der Waals surface area contributed by atoms with Crippen LogP contribution in [0.25, 0.3) is 0 Å². The number of nitrogens with zero attached hydrogens (tertiary/aromatic N) is 1. The van der Waals surface area contributed by atoms with E-state index < -0.39 is 17.7 Å². The highest BCUT2D eigenvalue weighted by Crippen LogP contribution is 2.19. The fraction of sp³-hybridized carbons (Fsp3) is 0.294. The zero-order valence-corrected chi connectivity index (χ0v) is 12.3. The Kier molecular flexibility index (Phi) is 5.04. The standard InChI is InChI=1S/C17H20F2N2/c1-12-5-3-6-13(9-12)10-21(2)11-16(20)14-7-4-8-15(18)17(14)19/h3-9,16H,10-11,20H2,1-2H3. The van der Waals surface area contributed by atoms with Gasteiger partial charge in [-0.2, -0.15) is 0 Å². The van der Waals surface area contributed by atoms with Crippen LogP contribution < -0.4 is 5.73 Å². The van der Waals surface area contributed by atoms with Gasteiger partial charge < -0.3 is 10.6 Å². The van der Waals surface area contributed by atoms with Gasteiger partial charge in [-0.3, -0.25) is 0 Å². The topological polar surface area (TPSA) is 29.3 Å². The number of nitrogens with two attached hydrogens (primary N) is 1. The van der Waals surface area contributed by atoms with Crippen molar-refractivity contribution in [2.24, 2.45) is 5.73 Å². The first-order chi connectivity index (χ1) is 9.97. The van der Waals surface area contributed by atoms with Crippen LogP contribution in [-0.4, -0.2) is 18.5 Å². The molecule has 0 saturated carbocycles. The van der Waals surface area contributed by atoms with Crippen molar-refractivity contribution in [3.05, 3.63) is 70.8 Å². The quantitative estimate of drug-likeness (QED) is 0.914. The van der Waals surface area contributed by atoms with Crippen LogP contribution in [0.15, 0.2) is 42.5 Å². The summed E-state index contributed by atoms with van der Waals surface area (Å²) in [5.74, 6) is -1.71. The minimum absolute atomic E-state index is 0.214. The lowest BCUT2D eigenvalue weighted by Crippen LogP contribution is -2.29. The van der Waals surface area contributed by atoms with Gasteiger partial charge in [-0.05, 0) is 25.6 Å². The monoisotopic (exact) mass is 290 g/mol. The molecule has 0 amide bonds. The second-order valence-corrected chi connectivity index (χ2v) is 5.44. The molecule has 4 heteroatoms. The summed E-state index contributed by atoms with van der Waals surface area (Å²) in [5, 5.41) is 0. The third-order valence-electron chi connectivity index (χ3n) is 3.42. The summed E-state index contributed by atoms with van der Waals surface area (Å²) in [6.07, 6.45) is 0. The van der Waals surface area contributed by atoms with E-state index >= 15 is 0 Å². The maximum atomic E-state index is 13.7. The van der Waals surface area contributed by atoms with Crippen LogP contribution in [0, 0.1) is 18.6 Å². The van der Waals surface area contributed by atoms with Crippen LogP contribution in [-0.2, 0) is 6.54 Å². The van der Waals surface area contributed by atoms with Crippen molar-refractivity contribution in [3.63, 3.8) is 0 Å². The number of rotatable bonds is 5. The van der Waals surface area contributed by atoms with Crippen molar-refractivity contribution in [2.45, 2.75) is 19.5 Å². The SMILES string of the molecule is Cc1cccc(CN(C)CC(N)c2cccc(F)c2F)c1. The van der Waals surface area contributed by atoms with Gasteiger partial charge in [0, 0.05) is 24.7 Å². The van der Waals surface area contributed by atoms with Crippen LogP contribution in [0.4, 0.5) is 8.78 Å². The molecule has 0 aliphatic carbocycles. The molecule has 0 spiro atoms. The third-order valence-corrected chi connectivity index (χ3v) is 3.42. The molecule has 1 unspecified atom stereocenters. The van der Waals surface area contributed by atoms with E-state index in [2.05, 4.69) is 6.07 Å².